The second-order valence-corrected chi connectivity index (χ2v) is 4.49. The highest BCUT2D eigenvalue weighted by molar-refractivity contribution is 6.31. The van der Waals surface area contributed by atoms with Gasteiger partial charge in [0, 0.05) is 10.7 Å². The molecule has 0 aliphatic carbocycles. The predicted molar refractivity (Wildman–Crippen MR) is 74.6 cm³/mol. The summed E-state index contributed by atoms with van der Waals surface area (Å²) in [6.07, 6.45) is 0. The Kier molecular flexibility index (Phi) is 3.86. The average Bonchev–Trinajstić information content (AvgIpc) is 2.40. The Morgan fingerprint density at radius 2 is 1.89 bits per heavy atom. The van der Waals surface area contributed by atoms with Crippen molar-refractivity contribution in [1.29, 1.82) is 5.26 Å². The van der Waals surface area contributed by atoms with E-state index in [1.54, 1.807) is 0 Å². The molecule has 1 atom stereocenters. The van der Waals surface area contributed by atoms with Gasteiger partial charge in [0.1, 0.15) is 6.04 Å². The van der Waals surface area contributed by atoms with E-state index in [1.807, 2.05) is 55.5 Å². The van der Waals surface area contributed by atoms with E-state index in [2.05, 4.69) is 11.4 Å². The summed E-state index contributed by atoms with van der Waals surface area (Å²) in [5.41, 5.74) is 2.80. The van der Waals surface area contributed by atoms with Gasteiger partial charge in [0.2, 0.25) is 0 Å². The van der Waals surface area contributed by atoms with Crippen LogP contribution in [0.2, 0.25) is 5.02 Å². The van der Waals surface area contributed by atoms with E-state index in [0.29, 0.717) is 5.02 Å². The smallest absolute Gasteiger partial charge is 0.140 e. The van der Waals surface area contributed by atoms with E-state index in [4.69, 9.17) is 11.6 Å². The lowest BCUT2D eigenvalue weighted by atomic mass is 10.1. The normalized spacial score (nSPS) is 11.6. The third-order valence-corrected chi connectivity index (χ3v) is 3.15. The van der Waals surface area contributed by atoms with Crippen LogP contribution in [-0.4, -0.2) is 0 Å². The minimum absolute atomic E-state index is 0.398. The first kappa shape index (κ1) is 12.5. The van der Waals surface area contributed by atoms with Gasteiger partial charge in [0.15, 0.2) is 0 Å². The lowest BCUT2D eigenvalue weighted by Gasteiger charge is -2.14. The van der Waals surface area contributed by atoms with Crippen LogP contribution in [-0.2, 0) is 0 Å². The van der Waals surface area contributed by atoms with Crippen LogP contribution in [0, 0.1) is 18.3 Å². The van der Waals surface area contributed by atoms with Crippen LogP contribution in [0.1, 0.15) is 17.2 Å². The van der Waals surface area contributed by atoms with Gasteiger partial charge in [-0.1, -0.05) is 41.9 Å². The van der Waals surface area contributed by atoms with Crippen LogP contribution in [0.15, 0.2) is 48.5 Å². The van der Waals surface area contributed by atoms with E-state index in [-0.39, 0.29) is 0 Å². The molecule has 2 rings (SSSR count). The lowest BCUT2D eigenvalue weighted by Crippen LogP contribution is -2.08. The maximum atomic E-state index is 9.25. The molecule has 0 radical (unpaired) electrons. The third-order valence-electron chi connectivity index (χ3n) is 2.74. The second-order valence-electron chi connectivity index (χ2n) is 4.08. The number of hydrogen-bond donors (Lipinski definition) is 1. The zero-order chi connectivity index (χ0) is 13.0. The van der Waals surface area contributed by atoms with E-state index in [9.17, 15) is 5.26 Å². The molecule has 90 valence electrons. The maximum Gasteiger partial charge on any atom is 0.140 e. The second kappa shape index (κ2) is 5.57. The fraction of sp³-hybridized carbons (Fsp3) is 0.133. The molecule has 0 aliphatic rings. The Balaban J connectivity index is 2.24. The highest BCUT2D eigenvalue weighted by Gasteiger charge is 2.11. The molecular formula is C15H13ClN2. The molecule has 1 N–H and O–H groups in total. The summed E-state index contributed by atoms with van der Waals surface area (Å²) in [6.45, 7) is 1.94. The minimum Gasteiger partial charge on any atom is -0.366 e. The molecule has 0 bridgehead atoms. The van der Waals surface area contributed by atoms with Crippen molar-refractivity contribution < 1.29 is 0 Å². The zero-order valence-corrected chi connectivity index (χ0v) is 10.8. The van der Waals surface area contributed by atoms with Crippen molar-refractivity contribution in [2.24, 2.45) is 0 Å². The van der Waals surface area contributed by atoms with Gasteiger partial charge < -0.3 is 5.32 Å². The molecule has 2 aromatic carbocycles. The highest BCUT2D eigenvalue weighted by atomic mass is 35.5. The molecule has 1 unspecified atom stereocenters. The van der Waals surface area contributed by atoms with Crippen molar-refractivity contribution in [3.8, 4) is 6.07 Å². The summed E-state index contributed by atoms with van der Waals surface area (Å²) >= 11 is 6.08. The van der Waals surface area contributed by atoms with Crippen molar-refractivity contribution >= 4 is 17.3 Å². The minimum atomic E-state index is -0.398. The van der Waals surface area contributed by atoms with Crippen LogP contribution in [0.3, 0.4) is 0 Å². The summed E-state index contributed by atoms with van der Waals surface area (Å²) in [6, 6.07) is 17.2. The van der Waals surface area contributed by atoms with Crippen molar-refractivity contribution in [3.05, 3.63) is 64.7 Å². The lowest BCUT2D eigenvalue weighted by molar-refractivity contribution is 0.996. The van der Waals surface area contributed by atoms with Crippen LogP contribution >= 0.6 is 11.6 Å². The number of nitrogens with one attached hydrogen (secondary N) is 1. The molecule has 0 heterocycles. The Bertz CT molecular complexity index is 573. The zero-order valence-electron chi connectivity index (χ0n) is 10.0. The number of para-hydroxylation sites is 1. The van der Waals surface area contributed by atoms with Gasteiger partial charge in [0.25, 0.3) is 0 Å². The number of halogens is 1. The number of aryl methyl sites for hydroxylation is 1. The van der Waals surface area contributed by atoms with Crippen LogP contribution in [0.5, 0.6) is 0 Å². The van der Waals surface area contributed by atoms with Gasteiger partial charge in [-0.05, 0) is 36.2 Å². The van der Waals surface area contributed by atoms with Gasteiger partial charge in [-0.3, -0.25) is 0 Å². The quantitative estimate of drug-likeness (QED) is 0.887. The first-order valence-electron chi connectivity index (χ1n) is 5.68. The standard InChI is InChI=1S/C15H13ClN2/c1-11-7-8-12(9-14(11)16)15(10-17)18-13-5-3-2-4-6-13/h2-9,15,18H,1H3. The van der Waals surface area contributed by atoms with Crippen molar-refractivity contribution in [3.63, 3.8) is 0 Å². The highest BCUT2D eigenvalue weighted by Crippen LogP contribution is 2.23. The largest absolute Gasteiger partial charge is 0.366 e. The molecule has 18 heavy (non-hydrogen) atoms. The number of rotatable bonds is 3. The molecule has 0 fully saturated rings. The van der Waals surface area contributed by atoms with E-state index in [1.165, 1.54) is 0 Å². The third kappa shape index (κ3) is 2.82. The van der Waals surface area contributed by atoms with Gasteiger partial charge >= 0.3 is 0 Å². The number of nitriles is 1. The van der Waals surface area contributed by atoms with Crippen LogP contribution in [0.4, 0.5) is 5.69 Å². The molecule has 3 heteroatoms. The van der Waals surface area contributed by atoms with Gasteiger partial charge in [-0.25, -0.2) is 0 Å². The van der Waals surface area contributed by atoms with Gasteiger partial charge in [-0.2, -0.15) is 5.26 Å². The van der Waals surface area contributed by atoms with Gasteiger partial charge in [0.05, 0.1) is 6.07 Å². The van der Waals surface area contributed by atoms with Crippen molar-refractivity contribution in [2.45, 2.75) is 13.0 Å². The number of nitrogens with zero attached hydrogens (tertiary/aromatic N) is 1. The van der Waals surface area contributed by atoms with E-state index < -0.39 is 6.04 Å². The Hall–Kier alpha value is -1.98. The topological polar surface area (TPSA) is 35.8 Å². The molecule has 0 aromatic heterocycles. The Labute approximate surface area is 112 Å². The first-order chi connectivity index (χ1) is 8.70. The number of benzene rings is 2. The van der Waals surface area contributed by atoms with Crippen molar-refractivity contribution in [2.75, 3.05) is 5.32 Å². The first-order valence-corrected chi connectivity index (χ1v) is 6.06. The summed E-state index contributed by atoms with van der Waals surface area (Å²) < 4.78 is 0. The summed E-state index contributed by atoms with van der Waals surface area (Å²) in [5.74, 6) is 0. The molecule has 0 aliphatic heterocycles. The molecule has 0 saturated carbocycles. The van der Waals surface area contributed by atoms with E-state index in [0.717, 1.165) is 16.8 Å². The molecule has 2 aromatic rings. The SMILES string of the molecule is Cc1ccc(C(C#N)Nc2ccccc2)cc1Cl. The molecule has 0 spiro atoms. The number of hydrogen-bond acceptors (Lipinski definition) is 2. The monoisotopic (exact) mass is 256 g/mol. The summed E-state index contributed by atoms with van der Waals surface area (Å²) in [7, 11) is 0. The Morgan fingerprint density at radius 1 is 1.17 bits per heavy atom. The van der Waals surface area contributed by atoms with Crippen LogP contribution < -0.4 is 5.32 Å². The van der Waals surface area contributed by atoms with Crippen molar-refractivity contribution in [1.82, 2.24) is 0 Å². The van der Waals surface area contributed by atoms with E-state index >= 15 is 0 Å². The summed E-state index contributed by atoms with van der Waals surface area (Å²) in [5, 5.41) is 13.1. The van der Waals surface area contributed by atoms with Gasteiger partial charge in [-0.15, -0.1) is 0 Å². The Morgan fingerprint density at radius 3 is 2.50 bits per heavy atom. The van der Waals surface area contributed by atoms with Crippen LogP contribution in [0.25, 0.3) is 0 Å². The molecular weight excluding hydrogens is 244 g/mol. The number of anilines is 1. The average molecular weight is 257 g/mol. The molecule has 2 nitrogen and oxygen atoms in total. The fourth-order valence-corrected chi connectivity index (χ4v) is 1.87. The maximum absolute atomic E-state index is 9.25. The fourth-order valence-electron chi connectivity index (χ4n) is 1.68. The summed E-state index contributed by atoms with van der Waals surface area (Å²) in [4.78, 5) is 0. The predicted octanol–water partition coefficient (Wildman–Crippen LogP) is 4.33. The molecule has 0 amide bonds. The molecule has 0 saturated heterocycles.